The highest BCUT2D eigenvalue weighted by atomic mass is 35.5. The zero-order valence-electron chi connectivity index (χ0n) is 9.90. The van der Waals surface area contributed by atoms with Gasteiger partial charge < -0.3 is 5.73 Å². The van der Waals surface area contributed by atoms with E-state index in [0.717, 1.165) is 17.1 Å². The van der Waals surface area contributed by atoms with Crippen LogP contribution in [0.5, 0.6) is 0 Å². The summed E-state index contributed by atoms with van der Waals surface area (Å²) >= 11 is 7.06. The predicted molar refractivity (Wildman–Crippen MR) is 76.6 cm³/mol. The Morgan fingerprint density at radius 3 is 2.41 bits per heavy atom. The van der Waals surface area contributed by atoms with Gasteiger partial charge in [0.2, 0.25) is 0 Å². The van der Waals surface area contributed by atoms with Gasteiger partial charge in [0.25, 0.3) is 0 Å². The van der Waals surface area contributed by atoms with E-state index in [1.165, 1.54) is 24.2 Å². The highest BCUT2D eigenvalue weighted by Gasteiger charge is 1.95. The second-order valence-corrected chi connectivity index (χ2v) is 4.90. The molecule has 17 heavy (non-hydrogen) atoms. The quantitative estimate of drug-likeness (QED) is 0.896. The van der Waals surface area contributed by atoms with E-state index < -0.39 is 0 Å². The number of unbranched alkanes of at least 4 members (excludes halogenated alkanes) is 1. The Bertz CT molecular complexity index is 414. The van der Waals surface area contributed by atoms with Crippen molar-refractivity contribution in [3.05, 3.63) is 46.4 Å². The van der Waals surface area contributed by atoms with Gasteiger partial charge in [-0.1, -0.05) is 43.1 Å². The van der Waals surface area contributed by atoms with Gasteiger partial charge in [-0.3, -0.25) is 0 Å². The fourth-order valence-corrected chi connectivity index (χ4v) is 1.95. The molecule has 0 fully saturated rings. The number of benzene rings is 1. The fourth-order valence-electron chi connectivity index (χ4n) is 1.21. The highest BCUT2D eigenvalue weighted by molar-refractivity contribution is 7.13. The van der Waals surface area contributed by atoms with Gasteiger partial charge in [0.1, 0.15) is 0 Å². The number of rotatable bonds is 3. The average Bonchev–Trinajstić information content (AvgIpc) is 2.74. The standard InChI is InChI=1S/C7H12N2S.C6H5Cl/c1-2-3-4-6-5-10-7(8)9-6;7-6-4-2-1-3-5-6/h5H,2-4H2,1H3,(H2,8,9);1-5H. The average molecular weight is 269 g/mol. The van der Waals surface area contributed by atoms with Crippen LogP contribution in [-0.2, 0) is 6.42 Å². The maximum atomic E-state index is 5.54. The normalized spacial score (nSPS) is 9.53. The van der Waals surface area contributed by atoms with Crippen molar-refractivity contribution in [1.82, 2.24) is 4.98 Å². The van der Waals surface area contributed by atoms with Crippen LogP contribution in [0.25, 0.3) is 0 Å². The molecule has 4 heteroatoms. The summed E-state index contributed by atoms with van der Waals surface area (Å²) in [5.74, 6) is 0. The molecular formula is C13H17ClN2S. The molecule has 2 rings (SSSR count). The Labute approximate surface area is 111 Å². The zero-order chi connectivity index (χ0) is 12.5. The van der Waals surface area contributed by atoms with Crippen molar-refractivity contribution in [2.45, 2.75) is 26.2 Å². The fraction of sp³-hybridized carbons (Fsp3) is 0.308. The number of aromatic nitrogens is 1. The molecule has 1 heterocycles. The first-order chi connectivity index (χ1) is 8.22. The third-order valence-corrected chi connectivity index (χ3v) is 3.06. The lowest BCUT2D eigenvalue weighted by molar-refractivity contribution is 0.782. The Balaban J connectivity index is 0.000000181. The second-order valence-electron chi connectivity index (χ2n) is 3.58. The van der Waals surface area contributed by atoms with Gasteiger partial charge in [0.05, 0.1) is 5.69 Å². The molecule has 92 valence electrons. The lowest BCUT2D eigenvalue weighted by Crippen LogP contribution is -1.86. The van der Waals surface area contributed by atoms with Crippen molar-refractivity contribution in [3.8, 4) is 0 Å². The molecule has 0 atom stereocenters. The third-order valence-electron chi connectivity index (χ3n) is 2.09. The van der Waals surface area contributed by atoms with E-state index in [-0.39, 0.29) is 0 Å². The molecule has 0 unspecified atom stereocenters. The molecule has 0 aliphatic rings. The van der Waals surface area contributed by atoms with Crippen LogP contribution in [0, 0.1) is 0 Å². The van der Waals surface area contributed by atoms with Crippen LogP contribution in [0.4, 0.5) is 5.13 Å². The van der Waals surface area contributed by atoms with E-state index in [0.29, 0.717) is 5.13 Å². The molecule has 2 aromatic rings. The van der Waals surface area contributed by atoms with Crippen LogP contribution in [0.3, 0.4) is 0 Å². The first-order valence-corrected chi connectivity index (χ1v) is 6.88. The van der Waals surface area contributed by atoms with Gasteiger partial charge in [0.15, 0.2) is 5.13 Å². The van der Waals surface area contributed by atoms with Crippen LogP contribution >= 0.6 is 22.9 Å². The molecule has 0 saturated carbocycles. The van der Waals surface area contributed by atoms with E-state index in [1.807, 2.05) is 35.7 Å². The van der Waals surface area contributed by atoms with Gasteiger partial charge in [-0.05, 0) is 25.0 Å². The van der Waals surface area contributed by atoms with Gasteiger partial charge in [-0.25, -0.2) is 4.98 Å². The van der Waals surface area contributed by atoms with Crippen molar-refractivity contribution in [2.24, 2.45) is 0 Å². The molecule has 1 aromatic carbocycles. The Morgan fingerprint density at radius 1 is 1.29 bits per heavy atom. The number of nitrogens with zero attached hydrogens (tertiary/aromatic N) is 1. The molecule has 0 spiro atoms. The smallest absolute Gasteiger partial charge is 0.180 e. The van der Waals surface area contributed by atoms with Crippen LogP contribution in [0.1, 0.15) is 25.5 Å². The molecule has 0 aliphatic carbocycles. The Hall–Kier alpha value is -1.06. The monoisotopic (exact) mass is 268 g/mol. The summed E-state index contributed by atoms with van der Waals surface area (Å²) in [7, 11) is 0. The first-order valence-electron chi connectivity index (χ1n) is 5.62. The number of aryl methyl sites for hydroxylation is 1. The molecule has 2 N–H and O–H groups in total. The third kappa shape index (κ3) is 6.29. The van der Waals surface area contributed by atoms with Gasteiger partial charge in [-0.2, -0.15) is 0 Å². The van der Waals surface area contributed by atoms with E-state index in [4.69, 9.17) is 17.3 Å². The van der Waals surface area contributed by atoms with E-state index in [2.05, 4.69) is 11.9 Å². The number of nitrogens with two attached hydrogens (primary N) is 1. The molecule has 1 aromatic heterocycles. The second kappa shape index (κ2) is 8.09. The summed E-state index contributed by atoms with van der Waals surface area (Å²) in [6.45, 7) is 2.18. The largest absolute Gasteiger partial charge is 0.375 e. The Kier molecular flexibility index (Phi) is 6.67. The SMILES string of the molecule is CCCCc1csc(N)n1.Clc1ccccc1. The number of hydrogen-bond acceptors (Lipinski definition) is 3. The molecule has 0 bridgehead atoms. The minimum atomic E-state index is 0.686. The highest BCUT2D eigenvalue weighted by Crippen LogP contribution is 2.12. The maximum Gasteiger partial charge on any atom is 0.180 e. The lowest BCUT2D eigenvalue weighted by atomic mass is 10.2. The Morgan fingerprint density at radius 2 is 2.00 bits per heavy atom. The molecule has 0 amide bonds. The van der Waals surface area contributed by atoms with Gasteiger partial charge in [-0.15, -0.1) is 11.3 Å². The molecule has 0 radical (unpaired) electrons. The van der Waals surface area contributed by atoms with Crippen LogP contribution in [0.2, 0.25) is 5.02 Å². The molecule has 0 aliphatic heterocycles. The number of nitrogen functional groups attached to an aromatic ring is 1. The lowest BCUT2D eigenvalue weighted by Gasteiger charge is -1.90. The first kappa shape index (κ1) is 14.0. The van der Waals surface area contributed by atoms with Crippen molar-refractivity contribution in [3.63, 3.8) is 0 Å². The van der Waals surface area contributed by atoms with Gasteiger partial charge >= 0.3 is 0 Å². The number of anilines is 1. The summed E-state index contributed by atoms with van der Waals surface area (Å²) in [6, 6.07) is 9.44. The minimum Gasteiger partial charge on any atom is -0.375 e. The van der Waals surface area contributed by atoms with Crippen molar-refractivity contribution in [2.75, 3.05) is 5.73 Å². The van der Waals surface area contributed by atoms with Crippen LogP contribution in [-0.4, -0.2) is 4.98 Å². The molecule has 2 nitrogen and oxygen atoms in total. The van der Waals surface area contributed by atoms with Crippen molar-refractivity contribution in [1.29, 1.82) is 0 Å². The summed E-state index contributed by atoms with van der Waals surface area (Å²) in [6.07, 6.45) is 3.50. The number of halogens is 1. The number of thiazole rings is 1. The predicted octanol–water partition coefficient (Wildman–Crippen LogP) is 4.41. The van der Waals surface area contributed by atoms with Crippen molar-refractivity contribution >= 4 is 28.1 Å². The van der Waals surface area contributed by atoms with E-state index >= 15 is 0 Å². The van der Waals surface area contributed by atoms with Crippen molar-refractivity contribution < 1.29 is 0 Å². The molecular weight excluding hydrogens is 252 g/mol. The molecule has 0 saturated heterocycles. The zero-order valence-corrected chi connectivity index (χ0v) is 11.5. The summed E-state index contributed by atoms with van der Waals surface area (Å²) < 4.78 is 0. The van der Waals surface area contributed by atoms with Crippen LogP contribution < -0.4 is 5.73 Å². The summed E-state index contributed by atoms with van der Waals surface area (Å²) in [4.78, 5) is 4.14. The van der Waals surface area contributed by atoms with E-state index in [9.17, 15) is 0 Å². The maximum absolute atomic E-state index is 5.54. The number of hydrogen-bond donors (Lipinski definition) is 1. The van der Waals surface area contributed by atoms with Gasteiger partial charge in [0, 0.05) is 10.4 Å². The van der Waals surface area contributed by atoms with E-state index in [1.54, 1.807) is 0 Å². The topological polar surface area (TPSA) is 38.9 Å². The van der Waals surface area contributed by atoms with Crippen LogP contribution in [0.15, 0.2) is 35.7 Å². The minimum absolute atomic E-state index is 0.686. The summed E-state index contributed by atoms with van der Waals surface area (Å²) in [5, 5.41) is 3.51. The summed E-state index contributed by atoms with van der Waals surface area (Å²) in [5.41, 5.74) is 6.60.